The molecule has 2 aliphatic carbocycles. The number of benzene rings is 2. The van der Waals surface area contributed by atoms with Crippen molar-refractivity contribution < 1.29 is 22.3 Å². The van der Waals surface area contributed by atoms with Crippen LogP contribution < -0.4 is 19.1 Å². The number of fused-ring (bicyclic) bond motifs is 1. The first kappa shape index (κ1) is 30.4. The molecule has 3 aromatic rings. The zero-order valence-corrected chi connectivity index (χ0v) is 26.7. The van der Waals surface area contributed by atoms with Gasteiger partial charge in [0.25, 0.3) is 10.0 Å². The maximum Gasteiger partial charge on any atom is 0.269 e. The van der Waals surface area contributed by atoms with Crippen molar-refractivity contribution in [2.45, 2.75) is 40.7 Å². The third kappa shape index (κ3) is 5.81. The molecule has 1 aromatic heterocycles. The number of aromatic nitrogens is 1. The number of likely N-dealkylation sites (N-methyl/N-ethyl adjacent to an activating group) is 1. The molecule has 0 amide bonds. The van der Waals surface area contributed by atoms with Gasteiger partial charge < -0.3 is 19.7 Å². The number of hydrogen-bond acceptors (Lipinski definition) is 8. The van der Waals surface area contributed by atoms with Gasteiger partial charge in [-0.2, -0.15) is 0 Å². The number of methoxy groups -OCH3 is 2. The smallest absolute Gasteiger partial charge is 0.269 e. The van der Waals surface area contributed by atoms with Crippen LogP contribution in [0.15, 0.2) is 46.8 Å². The van der Waals surface area contributed by atoms with Crippen LogP contribution in [0.25, 0.3) is 0 Å². The molecule has 41 heavy (non-hydrogen) atoms. The molecule has 0 spiro atoms. The lowest BCUT2D eigenvalue weighted by atomic mass is 9.89. The van der Waals surface area contributed by atoms with E-state index in [1.54, 1.807) is 23.6 Å². The Morgan fingerprint density at radius 2 is 1.88 bits per heavy atom. The molecule has 1 unspecified atom stereocenters. The Morgan fingerprint density at radius 3 is 2.51 bits per heavy atom. The van der Waals surface area contributed by atoms with Gasteiger partial charge in [-0.25, -0.2) is 22.1 Å². The van der Waals surface area contributed by atoms with Gasteiger partial charge in [-0.05, 0) is 63.0 Å². The van der Waals surface area contributed by atoms with E-state index in [0.29, 0.717) is 29.2 Å². The molecule has 2 aliphatic rings. The number of sulfonamides is 1. The fourth-order valence-electron chi connectivity index (χ4n) is 5.57. The first-order valence-corrected chi connectivity index (χ1v) is 16.3. The van der Waals surface area contributed by atoms with Crippen LogP contribution in [-0.4, -0.2) is 63.0 Å². The molecule has 0 aliphatic heterocycles. The predicted molar refractivity (Wildman–Crippen MR) is 162 cm³/mol. The first-order valence-electron chi connectivity index (χ1n) is 12.8. The highest BCUT2D eigenvalue weighted by Gasteiger charge is 2.66. The van der Waals surface area contributed by atoms with Crippen molar-refractivity contribution >= 4 is 67.0 Å². The van der Waals surface area contributed by atoms with E-state index in [1.807, 2.05) is 14.1 Å². The highest BCUT2D eigenvalue weighted by atomic mass is 35.5. The second kappa shape index (κ2) is 11.6. The topological polar surface area (TPSA) is 84.0 Å². The molecule has 1 N–H and O–H groups in total. The van der Waals surface area contributed by atoms with Gasteiger partial charge in [0, 0.05) is 35.3 Å². The lowest BCUT2D eigenvalue weighted by molar-refractivity contribution is 0.204. The lowest BCUT2D eigenvalue weighted by Crippen LogP contribution is -2.46. The van der Waals surface area contributed by atoms with Crippen LogP contribution in [0.3, 0.4) is 0 Å². The van der Waals surface area contributed by atoms with Crippen LogP contribution >= 0.6 is 46.1 Å². The van der Waals surface area contributed by atoms with Crippen LogP contribution in [-0.2, 0) is 16.6 Å². The zero-order chi connectivity index (χ0) is 29.7. The zero-order valence-electron chi connectivity index (χ0n) is 22.8. The minimum absolute atomic E-state index is 0.0736. The van der Waals surface area contributed by atoms with Gasteiger partial charge in [-0.15, -0.1) is 34.5 Å². The van der Waals surface area contributed by atoms with Crippen LogP contribution in [0.2, 0.25) is 5.02 Å². The number of halogens is 4. The summed E-state index contributed by atoms with van der Waals surface area (Å²) in [5, 5.41) is 5.23. The number of anilines is 2. The number of nitrogens with one attached hydrogen (secondary N) is 1. The van der Waals surface area contributed by atoms with Crippen molar-refractivity contribution in [3.05, 3.63) is 58.3 Å². The van der Waals surface area contributed by atoms with Gasteiger partial charge in [0.1, 0.15) is 26.5 Å². The SMILES string of the molecule is COc1ccc(CN(c2nccs2)S(=O)(=O)c2cc(Cl)c(N[C@@H]3CC4[C@H](C[C@H]3N(C)C)C4(Cl)Cl)cc2F)c(OC)c1. The molecule has 2 fully saturated rings. The van der Waals surface area contributed by atoms with Gasteiger partial charge in [-0.3, -0.25) is 0 Å². The molecule has 8 nitrogen and oxygen atoms in total. The van der Waals surface area contributed by atoms with Gasteiger partial charge in [0.15, 0.2) is 5.13 Å². The van der Waals surface area contributed by atoms with E-state index < -0.39 is 25.1 Å². The molecule has 4 atom stereocenters. The fourth-order valence-corrected chi connectivity index (χ4v) is 9.04. The Hall–Kier alpha value is -2.02. The quantitative estimate of drug-likeness (QED) is 0.256. The molecule has 222 valence electrons. The van der Waals surface area contributed by atoms with Gasteiger partial charge in [-0.1, -0.05) is 11.6 Å². The van der Waals surface area contributed by atoms with Gasteiger partial charge in [0.05, 0.1) is 31.5 Å². The third-order valence-electron chi connectivity index (χ3n) is 7.87. The number of rotatable bonds is 10. The molecule has 14 heteroatoms. The number of alkyl halides is 2. The maximum absolute atomic E-state index is 15.7. The summed E-state index contributed by atoms with van der Waals surface area (Å²) < 4.78 is 54.6. The van der Waals surface area contributed by atoms with Gasteiger partial charge in [0.2, 0.25) is 0 Å². The number of ether oxygens (including phenoxy) is 2. The summed E-state index contributed by atoms with van der Waals surface area (Å²) in [6.45, 7) is -0.159. The number of hydrogen-bond donors (Lipinski definition) is 1. The summed E-state index contributed by atoms with van der Waals surface area (Å²) in [6, 6.07) is 7.27. The van der Waals surface area contributed by atoms with Crippen LogP contribution in [0, 0.1) is 17.7 Å². The molecule has 0 saturated heterocycles. The fraction of sp³-hybridized carbons (Fsp3) is 0.444. The summed E-state index contributed by atoms with van der Waals surface area (Å²) in [5.41, 5.74) is 0.836. The van der Waals surface area contributed by atoms with Crippen LogP contribution in [0.4, 0.5) is 15.2 Å². The van der Waals surface area contributed by atoms with Crippen LogP contribution in [0.5, 0.6) is 11.5 Å². The van der Waals surface area contributed by atoms with E-state index in [2.05, 4.69) is 15.2 Å². The molecular weight excluding hydrogens is 634 g/mol. The largest absolute Gasteiger partial charge is 0.497 e. The minimum atomic E-state index is -4.44. The molecule has 0 radical (unpaired) electrons. The molecule has 1 heterocycles. The second-order valence-electron chi connectivity index (χ2n) is 10.4. The van der Waals surface area contributed by atoms with Crippen molar-refractivity contribution in [2.75, 3.05) is 37.9 Å². The summed E-state index contributed by atoms with van der Waals surface area (Å²) in [5.74, 6) is 0.356. The Morgan fingerprint density at radius 1 is 1.15 bits per heavy atom. The van der Waals surface area contributed by atoms with Crippen molar-refractivity contribution in [1.29, 1.82) is 0 Å². The van der Waals surface area contributed by atoms with Crippen molar-refractivity contribution in [3.63, 3.8) is 0 Å². The predicted octanol–water partition coefficient (Wildman–Crippen LogP) is 6.27. The molecule has 2 aromatic carbocycles. The molecule has 5 rings (SSSR count). The van der Waals surface area contributed by atoms with E-state index in [1.165, 1.54) is 20.4 Å². The first-order chi connectivity index (χ1) is 19.4. The third-order valence-corrected chi connectivity index (χ3v) is 12.0. The molecule has 0 bridgehead atoms. The Kier molecular flexibility index (Phi) is 8.59. The van der Waals surface area contributed by atoms with Crippen molar-refractivity contribution in [3.8, 4) is 11.5 Å². The summed E-state index contributed by atoms with van der Waals surface area (Å²) in [6.07, 6.45) is 2.95. The monoisotopic (exact) mass is 662 g/mol. The van der Waals surface area contributed by atoms with E-state index in [9.17, 15) is 8.42 Å². The average Bonchev–Trinajstić information content (AvgIpc) is 3.24. The highest BCUT2D eigenvalue weighted by molar-refractivity contribution is 7.93. The Balaban J connectivity index is 1.46. The Bertz CT molecular complexity index is 1520. The summed E-state index contributed by atoms with van der Waals surface area (Å²) in [4.78, 5) is 5.71. The lowest BCUT2D eigenvalue weighted by Gasteiger charge is -2.36. The Labute approximate surface area is 258 Å². The highest BCUT2D eigenvalue weighted by Crippen LogP contribution is 2.65. The molecular formula is C27H30Cl3FN4O4S2. The number of thiazole rings is 1. The van der Waals surface area contributed by atoms with E-state index in [-0.39, 0.29) is 40.6 Å². The maximum atomic E-state index is 15.7. The normalized spacial score (nSPS) is 23.1. The average molecular weight is 664 g/mol. The number of nitrogens with zero attached hydrogens (tertiary/aromatic N) is 3. The molecule has 2 saturated carbocycles. The van der Waals surface area contributed by atoms with Crippen molar-refractivity contribution in [2.24, 2.45) is 11.8 Å². The van der Waals surface area contributed by atoms with E-state index in [0.717, 1.165) is 34.2 Å². The standard InChI is InChI=1S/C27H30Cl3FN4O4S2/c1-34(2)23-11-18-17(27(18,29)30)10-22(23)33-21-13-20(31)25(12-19(21)28)41(36,37)35(26-32-7-8-40-26)14-15-5-6-16(38-3)9-24(15)39-4/h5-9,12-13,17-18,22-23,33H,10-11,14H2,1-4H3/t17?,18-,22+,23+/m0/s1. The van der Waals surface area contributed by atoms with Crippen molar-refractivity contribution in [1.82, 2.24) is 9.88 Å². The second-order valence-corrected chi connectivity index (χ2v) is 15.0. The van der Waals surface area contributed by atoms with E-state index >= 15 is 4.39 Å². The summed E-state index contributed by atoms with van der Waals surface area (Å²) >= 11 is 20.7. The van der Waals surface area contributed by atoms with E-state index in [4.69, 9.17) is 44.3 Å². The van der Waals surface area contributed by atoms with Gasteiger partial charge >= 0.3 is 0 Å². The summed E-state index contributed by atoms with van der Waals surface area (Å²) in [7, 11) is 2.49. The van der Waals surface area contributed by atoms with Crippen LogP contribution in [0.1, 0.15) is 18.4 Å². The minimum Gasteiger partial charge on any atom is -0.497 e.